The predicted octanol–water partition coefficient (Wildman–Crippen LogP) is 1.91. The molecule has 1 fully saturated rings. The van der Waals surface area contributed by atoms with Crippen molar-refractivity contribution in [1.29, 1.82) is 0 Å². The van der Waals surface area contributed by atoms with Crippen LogP contribution in [0, 0.1) is 5.92 Å². The van der Waals surface area contributed by atoms with E-state index in [1.165, 1.54) is 12.1 Å². The van der Waals surface area contributed by atoms with E-state index in [-0.39, 0.29) is 49.2 Å². The number of thioether (sulfide) groups is 1. The molecule has 1 aliphatic rings. The number of carbonyl (C=O) groups excluding carboxylic acids is 5. The number of H-pyrrole nitrogens is 2. The Hall–Kier alpha value is -7.13. The van der Waals surface area contributed by atoms with Crippen molar-refractivity contribution in [2.75, 3.05) is 12.3 Å². The van der Waals surface area contributed by atoms with Crippen molar-refractivity contribution < 1.29 is 48.9 Å². The molecule has 7 atom stereocenters. The number of fused-ring (bicyclic) bond motifs is 2. The van der Waals surface area contributed by atoms with Crippen LogP contribution in [-0.2, 0) is 52.8 Å². The fourth-order valence-electron chi connectivity index (χ4n) is 8.47. The van der Waals surface area contributed by atoms with Gasteiger partial charge in [-0.2, -0.15) is 0 Å². The molecule has 3 aromatic carbocycles. The summed E-state index contributed by atoms with van der Waals surface area (Å²) in [6.45, 7) is 3.76. The summed E-state index contributed by atoms with van der Waals surface area (Å²) in [6.07, 6.45) is 3.66. The van der Waals surface area contributed by atoms with E-state index in [0.717, 1.165) is 33.6 Å². The number of aromatic nitrogens is 2. The zero-order valence-corrected chi connectivity index (χ0v) is 40.4. The number of carbonyl (C=O) groups is 7. The van der Waals surface area contributed by atoms with Crippen LogP contribution in [0.2, 0.25) is 0 Å². The molecule has 1 radical (unpaired) electrons. The van der Waals surface area contributed by atoms with E-state index in [1.54, 1.807) is 50.5 Å². The number of unbranched alkanes of at least 4 members (excludes halogenated alkanes) is 1. The standard InChI is InChI=1S/C50H61BN9O10S/c1-27(2)43-48(66)58-39(47(65)59-40(49(67)68)23-30-26-54-35-12-6-4-10-33(30)35)24-41(50(69)70)71-20-18-42(62)55-37(21-28-14-16-31(61)17-15-28)45(63)57-38(22-29-25-53-34-11-5-3-9-32(29)34)46(64)56-36(44(51)60-43)13-7-8-19-52/h3-6,9-12,14-17,25-27,36-41,43,53-54,60-61H,7-8,13,18-24,52H2,1-2H3,(H,55,62)(H,56,64)(H,57,63)(H,58,66)(H,59,65)(H,67,68)(H,69,70)/t36?,37?,38-,39+,40?,41?,43?/m1/s1. The number of hydrogen-bond donors (Lipinski definition) is 12. The summed E-state index contributed by atoms with van der Waals surface area (Å²) in [6, 6.07) is 13.0. The van der Waals surface area contributed by atoms with Crippen LogP contribution in [0.15, 0.2) is 85.2 Å². The molecule has 0 spiro atoms. The second-order valence-corrected chi connectivity index (χ2v) is 19.3. The van der Waals surface area contributed by atoms with Crippen LogP contribution in [0.1, 0.15) is 62.6 Å². The van der Waals surface area contributed by atoms with Gasteiger partial charge < -0.3 is 10.1 Å². The summed E-state index contributed by atoms with van der Waals surface area (Å²) in [5, 5.41) is 47.7. The first kappa shape index (κ1) is 53.2. The molecule has 375 valence electrons. The number of nitrogens with one attached hydrogen (secondary N) is 8. The van der Waals surface area contributed by atoms with E-state index in [9.17, 15) is 48.9 Å². The summed E-state index contributed by atoms with van der Waals surface area (Å²) in [5.74, 6) is -7.10. The first-order valence-electron chi connectivity index (χ1n) is 23.6. The third-order valence-electron chi connectivity index (χ3n) is 12.4. The van der Waals surface area contributed by atoms with Crippen LogP contribution in [-0.4, -0.2) is 134 Å². The number of rotatable bonds is 15. The molecule has 1 saturated heterocycles. The fourth-order valence-corrected chi connectivity index (χ4v) is 9.52. The minimum atomic E-state index is -1.60. The maximum absolute atomic E-state index is 14.6. The third-order valence-corrected chi connectivity index (χ3v) is 13.6. The molecular formula is C50H61BN9O10S. The van der Waals surface area contributed by atoms with E-state index in [2.05, 4.69) is 41.9 Å². The number of hydrogen-bond acceptors (Lipinski definition) is 11. The average Bonchev–Trinajstić information content (AvgIpc) is 3.95. The summed E-state index contributed by atoms with van der Waals surface area (Å²) < 4.78 is 0. The number of carboxylic acid groups (broad SMARTS) is 2. The van der Waals surface area contributed by atoms with E-state index < -0.39 is 95.3 Å². The van der Waals surface area contributed by atoms with E-state index in [1.807, 2.05) is 36.4 Å². The molecule has 71 heavy (non-hydrogen) atoms. The third kappa shape index (κ3) is 14.7. The molecule has 0 bridgehead atoms. The van der Waals surface area contributed by atoms with Crippen LogP contribution in [0.3, 0.4) is 0 Å². The monoisotopic (exact) mass is 990 g/mol. The zero-order valence-electron chi connectivity index (χ0n) is 39.5. The van der Waals surface area contributed by atoms with Gasteiger partial charge in [0.1, 0.15) is 5.75 Å². The van der Waals surface area contributed by atoms with Crippen molar-refractivity contribution in [2.24, 2.45) is 11.7 Å². The minimum absolute atomic E-state index is 0.00251. The number of phenols is 1. The van der Waals surface area contributed by atoms with Gasteiger partial charge in [0.15, 0.2) is 0 Å². The molecule has 5 amide bonds. The first-order valence-corrected chi connectivity index (χ1v) is 24.6. The zero-order chi connectivity index (χ0) is 51.2. The van der Waals surface area contributed by atoms with E-state index in [0.29, 0.717) is 36.1 Å². The molecule has 5 unspecified atom stereocenters. The van der Waals surface area contributed by atoms with Gasteiger partial charge in [0, 0.05) is 5.52 Å². The molecule has 1 aliphatic heterocycles. The molecule has 19 nitrogen and oxygen atoms in total. The Morgan fingerprint density at radius 3 is 1.99 bits per heavy atom. The number of phenolic OH excluding ortho intramolecular Hbond substituents is 1. The SMILES string of the molecule is [B]=C1NC(C(C)C)C(=O)N[C@H](C(=O)NC(Cc2c[nH]c3ccccc23)C(=O)O)CC(C(=O)O)SCCC(=O)NC(Cc2ccc(O)cc2)C(=O)N[C@H](Cc2c[nH]c3ccccc23)C(=O)NC1CCCCN. The molecule has 13 N–H and O–H groups in total. The summed E-state index contributed by atoms with van der Waals surface area (Å²) in [5.41, 5.74) is 9.25. The van der Waals surface area contributed by atoms with Crippen molar-refractivity contribution in [3.63, 3.8) is 0 Å². The molecule has 6 rings (SSSR count). The maximum atomic E-state index is 14.6. The Bertz CT molecular complexity index is 2710. The second kappa shape index (κ2) is 25.1. The van der Waals surface area contributed by atoms with Crippen LogP contribution in [0.5, 0.6) is 5.75 Å². The van der Waals surface area contributed by atoms with Crippen molar-refractivity contribution in [3.05, 3.63) is 102 Å². The number of aliphatic carboxylic acids is 2. The van der Waals surface area contributed by atoms with Crippen LogP contribution >= 0.6 is 11.8 Å². The molecule has 5 aromatic rings. The van der Waals surface area contributed by atoms with Crippen LogP contribution in [0.4, 0.5) is 0 Å². The van der Waals surface area contributed by atoms with E-state index in [4.69, 9.17) is 13.2 Å². The fraction of sp³-hybridized carbons (Fsp3) is 0.400. The second-order valence-electron chi connectivity index (χ2n) is 18.0. The number of benzene rings is 3. The van der Waals surface area contributed by atoms with Gasteiger partial charge in [-0.05, 0) is 6.07 Å². The quantitative estimate of drug-likeness (QED) is 0.0528. The Labute approximate surface area is 415 Å². The van der Waals surface area contributed by atoms with Crippen molar-refractivity contribution >= 4 is 88.1 Å². The summed E-state index contributed by atoms with van der Waals surface area (Å²) >= 11 is 0.819. The van der Waals surface area contributed by atoms with Crippen molar-refractivity contribution in [1.82, 2.24) is 41.9 Å². The first-order chi connectivity index (χ1) is 34.0. The van der Waals surface area contributed by atoms with Crippen molar-refractivity contribution in [3.8, 4) is 5.75 Å². The van der Waals surface area contributed by atoms with Crippen LogP contribution in [0.25, 0.3) is 21.8 Å². The average molecular weight is 991 g/mol. The molecule has 21 heteroatoms. The molecule has 3 heterocycles. The number of amides is 5. The molecule has 2 aromatic heterocycles. The topological polar surface area (TPSA) is 310 Å². The number of para-hydroxylation sites is 2. The van der Waals surface area contributed by atoms with Gasteiger partial charge in [-0.25, -0.2) is 0 Å². The number of nitrogens with two attached hydrogens (primary N) is 1. The van der Waals surface area contributed by atoms with Gasteiger partial charge in [-0.1, -0.05) is 18.2 Å². The Morgan fingerprint density at radius 1 is 0.761 bits per heavy atom. The van der Waals surface area contributed by atoms with Crippen LogP contribution < -0.4 is 37.6 Å². The summed E-state index contributed by atoms with van der Waals surface area (Å²) in [4.78, 5) is 103. The molecule has 0 aliphatic carbocycles. The number of aromatic hydroxyl groups is 1. The Morgan fingerprint density at radius 2 is 1.37 bits per heavy atom. The van der Waals surface area contributed by atoms with Gasteiger partial charge in [-0.3, -0.25) is 0 Å². The van der Waals surface area contributed by atoms with E-state index >= 15 is 0 Å². The number of aromatic amines is 2. The van der Waals surface area contributed by atoms with Gasteiger partial charge in [0.05, 0.1) is 0 Å². The van der Waals surface area contributed by atoms with Gasteiger partial charge in [-0.15, -0.1) is 0 Å². The van der Waals surface area contributed by atoms with Gasteiger partial charge in [0.2, 0.25) is 0 Å². The summed E-state index contributed by atoms with van der Waals surface area (Å²) in [7, 11) is 6.77. The molecule has 0 saturated carbocycles. The van der Waals surface area contributed by atoms with Gasteiger partial charge >= 0.3 is 372 Å². The van der Waals surface area contributed by atoms with Gasteiger partial charge in [0.25, 0.3) is 0 Å². The number of carboxylic acids is 2. The van der Waals surface area contributed by atoms with Crippen molar-refractivity contribution in [2.45, 2.75) is 107 Å². The predicted molar refractivity (Wildman–Crippen MR) is 272 cm³/mol. The molecular weight excluding hydrogens is 929 g/mol. The Balaban J connectivity index is 1.35. The Kier molecular flexibility index (Phi) is 18.8. The normalized spacial score (nSPS) is 21.6.